The molecule has 5 nitrogen and oxygen atoms in total. The van der Waals surface area contributed by atoms with E-state index in [1.807, 2.05) is 44.2 Å². The number of hydrogen-bond acceptors (Lipinski definition) is 4. The van der Waals surface area contributed by atoms with Gasteiger partial charge in [0.25, 0.3) is 0 Å². The minimum atomic E-state index is -0.945. The van der Waals surface area contributed by atoms with Crippen molar-refractivity contribution in [1.29, 1.82) is 0 Å². The lowest BCUT2D eigenvalue weighted by Gasteiger charge is -2.26. The molecular formula is C26H30N2O3. The SMILES string of the molecule is CC(C)(CCN)Oc1ccc(CCc2ccc(Nc3ccccc3C(=O)O)cc2)cc1. The number of aromatic carboxylic acids is 1. The second kappa shape index (κ2) is 10.1. The zero-order valence-electron chi connectivity index (χ0n) is 18.1. The molecule has 3 rings (SSSR count). The Balaban J connectivity index is 1.55. The fourth-order valence-corrected chi connectivity index (χ4v) is 3.42. The highest BCUT2D eigenvalue weighted by atomic mass is 16.5. The molecule has 0 saturated carbocycles. The molecule has 0 bridgehead atoms. The molecule has 0 spiro atoms. The van der Waals surface area contributed by atoms with Gasteiger partial charge in [-0.1, -0.05) is 36.4 Å². The van der Waals surface area contributed by atoms with Gasteiger partial charge in [0.05, 0.1) is 11.3 Å². The van der Waals surface area contributed by atoms with Crippen molar-refractivity contribution in [2.24, 2.45) is 5.73 Å². The minimum Gasteiger partial charge on any atom is -0.488 e. The predicted octanol–water partition coefficient (Wildman–Crippen LogP) is 5.42. The van der Waals surface area contributed by atoms with Crippen molar-refractivity contribution in [3.63, 3.8) is 0 Å². The Hall–Kier alpha value is -3.31. The van der Waals surface area contributed by atoms with Crippen LogP contribution in [0.15, 0.2) is 72.8 Å². The normalized spacial score (nSPS) is 11.2. The summed E-state index contributed by atoms with van der Waals surface area (Å²) in [6.45, 7) is 4.70. The molecule has 0 atom stereocenters. The zero-order chi connectivity index (χ0) is 22.3. The summed E-state index contributed by atoms with van der Waals surface area (Å²) in [7, 11) is 0. The smallest absolute Gasteiger partial charge is 0.337 e. The standard InChI is InChI=1S/C26H30N2O3/c1-26(2,17-18-27)31-22-15-11-20(12-16-22)8-7-19-9-13-21(14-10-19)28-24-6-4-3-5-23(24)25(29)30/h3-6,9-16,28H,7-8,17-18,27H2,1-2H3,(H,29,30). The van der Waals surface area contributed by atoms with E-state index in [1.54, 1.807) is 18.2 Å². The lowest BCUT2D eigenvalue weighted by Crippen LogP contribution is -2.31. The highest BCUT2D eigenvalue weighted by molar-refractivity contribution is 5.95. The van der Waals surface area contributed by atoms with Crippen molar-refractivity contribution >= 4 is 17.3 Å². The van der Waals surface area contributed by atoms with Gasteiger partial charge in [-0.05, 0) is 87.2 Å². The average molecular weight is 419 g/mol. The van der Waals surface area contributed by atoms with Crippen LogP contribution >= 0.6 is 0 Å². The Morgan fingerprint density at radius 2 is 1.52 bits per heavy atom. The van der Waals surface area contributed by atoms with Gasteiger partial charge in [0, 0.05) is 5.69 Å². The number of anilines is 2. The Morgan fingerprint density at radius 3 is 2.10 bits per heavy atom. The third-order valence-electron chi connectivity index (χ3n) is 5.16. The van der Waals surface area contributed by atoms with Gasteiger partial charge < -0.3 is 20.9 Å². The third kappa shape index (κ3) is 6.59. The lowest BCUT2D eigenvalue weighted by molar-refractivity contribution is 0.0698. The number of hydrogen-bond donors (Lipinski definition) is 3. The molecular weight excluding hydrogens is 388 g/mol. The van der Waals surface area contributed by atoms with Gasteiger partial charge in [-0.25, -0.2) is 4.79 Å². The summed E-state index contributed by atoms with van der Waals surface area (Å²) in [5, 5.41) is 12.5. The Labute approximate surface area is 183 Å². The maximum absolute atomic E-state index is 11.4. The molecule has 4 N–H and O–H groups in total. The molecule has 0 fully saturated rings. The van der Waals surface area contributed by atoms with E-state index in [-0.39, 0.29) is 11.2 Å². The maximum atomic E-state index is 11.4. The van der Waals surface area contributed by atoms with Crippen molar-refractivity contribution in [1.82, 2.24) is 0 Å². The molecule has 162 valence electrons. The van der Waals surface area contributed by atoms with Crippen LogP contribution in [-0.2, 0) is 12.8 Å². The third-order valence-corrected chi connectivity index (χ3v) is 5.16. The van der Waals surface area contributed by atoms with Gasteiger partial charge in [0.2, 0.25) is 0 Å². The van der Waals surface area contributed by atoms with E-state index in [0.29, 0.717) is 12.2 Å². The predicted molar refractivity (Wildman–Crippen MR) is 125 cm³/mol. The number of rotatable bonds is 10. The van der Waals surface area contributed by atoms with E-state index in [0.717, 1.165) is 30.7 Å². The maximum Gasteiger partial charge on any atom is 0.337 e. The van der Waals surface area contributed by atoms with Crippen LogP contribution in [0.3, 0.4) is 0 Å². The highest BCUT2D eigenvalue weighted by Gasteiger charge is 2.18. The first-order chi connectivity index (χ1) is 14.9. The minimum absolute atomic E-state index is 0.255. The van der Waals surface area contributed by atoms with E-state index < -0.39 is 5.97 Å². The fourth-order valence-electron chi connectivity index (χ4n) is 3.42. The lowest BCUT2D eigenvalue weighted by atomic mass is 10.0. The zero-order valence-corrected chi connectivity index (χ0v) is 18.1. The molecule has 0 saturated heterocycles. The second-order valence-corrected chi connectivity index (χ2v) is 8.22. The van der Waals surface area contributed by atoms with E-state index in [9.17, 15) is 9.90 Å². The molecule has 0 aromatic heterocycles. The van der Waals surface area contributed by atoms with Gasteiger partial charge >= 0.3 is 5.97 Å². The molecule has 0 heterocycles. The first-order valence-corrected chi connectivity index (χ1v) is 10.5. The number of nitrogens with one attached hydrogen (secondary N) is 1. The monoisotopic (exact) mass is 418 g/mol. The number of carboxylic acid groups (broad SMARTS) is 1. The molecule has 0 radical (unpaired) electrons. The summed E-state index contributed by atoms with van der Waals surface area (Å²) in [6, 6.07) is 23.2. The Bertz CT molecular complexity index is 996. The van der Waals surface area contributed by atoms with Crippen molar-refractivity contribution in [2.75, 3.05) is 11.9 Å². The first-order valence-electron chi connectivity index (χ1n) is 10.5. The van der Waals surface area contributed by atoms with Crippen LogP contribution in [0.25, 0.3) is 0 Å². The largest absolute Gasteiger partial charge is 0.488 e. The molecule has 0 amide bonds. The van der Waals surface area contributed by atoms with Crippen LogP contribution in [-0.4, -0.2) is 23.2 Å². The summed E-state index contributed by atoms with van der Waals surface area (Å²) in [5.41, 5.74) is 9.55. The van der Waals surface area contributed by atoms with Crippen LogP contribution in [0.2, 0.25) is 0 Å². The average Bonchev–Trinajstić information content (AvgIpc) is 2.74. The van der Waals surface area contributed by atoms with Gasteiger partial charge in [-0.3, -0.25) is 0 Å². The molecule has 3 aromatic rings. The van der Waals surface area contributed by atoms with Crippen LogP contribution in [0.5, 0.6) is 5.75 Å². The van der Waals surface area contributed by atoms with E-state index in [2.05, 4.69) is 29.6 Å². The molecule has 0 aliphatic rings. The van der Waals surface area contributed by atoms with Gasteiger partial charge in [0.1, 0.15) is 11.4 Å². The Kier molecular flexibility index (Phi) is 7.32. The van der Waals surface area contributed by atoms with Crippen molar-refractivity contribution in [2.45, 2.75) is 38.7 Å². The number of benzene rings is 3. The van der Waals surface area contributed by atoms with Crippen molar-refractivity contribution in [3.05, 3.63) is 89.5 Å². The van der Waals surface area contributed by atoms with Crippen molar-refractivity contribution < 1.29 is 14.6 Å². The Morgan fingerprint density at radius 1 is 0.935 bits per heavy atom. The number of para-hydroxylation sites is 1. The van der Waals surface area contributed by atoms with Gasteiger partial charge in [-0.2, -0.15) is 0 Å². The van der Waals surface area contributed by atoms with Gasteiger partial charge in [-0.15, -0.1) is 0 Å². The molecule has 0 unspecified atom stereocenters. The number of carboxylic acids is 1. The number of nitrogens with two attached hydrogens (primary N) is 1. The number of ether oxygens (including phenoxy) is 1. The number of carbonyl (C=O) groups is 1. The summed E-state index contributed by atoms with van der Waals surface area (Å²) >= 11 is 0. The summed E-state index contributed by atoms with van der Waals surface area (Å²) in [4.78, 5) is 11.4. The van der Waals surface area contributed by atoms with Crippen LogP contribution in [0.1, 0.15) is 41.8 Å². The molecule has 31 heavy (non-hydrogen) atoms. The van der Waals surface area contributed by atoms with Crippen LogP contribution in [0, 0.1) is 0 Å². The quantitative estimate of drug-likeness (QED) is 0.409. The molecule has 3 aromatic carbocycles. The summed E-state index contributed by atoms with van der Waals surface area (Å²) in [6.07, 6.45) is 2.66. The highest BCUT2D eigenvalue weighted by Crippen LogP contribution is 2.23. The second-order valence-electron chi connectivity index (χ2n) is 8.22. The van der Waals surface area contributed by atoms with E-state index >= 15 is 0 Å². The molecule has 0 aliphatic carbocycles. The summed E-state index contributed by atoms with van der Waals surface area (Å²) < 4.78 is 6.02. The first kappa shape index (κ1) is 22.4. The van der Waals surface area contributed by atoms with Crippen LogP contribution in [0.4, 0.5) is 11.4 Å². The van der Waals surface area contributed by atoms with E-state index in [4.69, 9.17) is 10.5 Å². The van der Waals surface area contributed by atoms with Crippen molar-refractivity contribution in [3.8, 4) is 5.75 Å². The fraction of sp³-hybridized carbons (Fsp3) is 0.269. The van der Waals surface area contributed by atoms with Gasteiger partial charge in [0.15, 0.2) is 0 Å². The van der Waals surface area contributed by atoms with Crippen LogP contribution < -0.4 is 15.8 Å². The summed E-state index contributed by atoms with van der Waals surface area (Å²) in [5.74, 6) is -0.0849. The molecule has 0 aliphatic heterocycles. The number of aryl methyl sites for hydroxylation is 2. The topological polar surface area (TPSA) is 84.6 Å². The van der Waals surface area contributed by atoms with E-state index in [1.165, 1.54) is 11.1 Å². The molecule has 5 heteroatoms.